The van der Waals surface area contributed by atoms with Crippen molar-refractivity contribution in [3.05, 3.63) is 36.9 Å². The van der Waals surface area contributed by atoms with Crippen molar-refractivity contribution >= 4 is 11.6 Å². The number of nitrogens with zero attached hydrogens (tertiary/aromatic N) is 3. The van der Waals surface area contributed by atoms with Gasteiger partial charge in [0, 0.05) is 11.8 Å². The van der Waals surface area contributed by atoms with Gasteiger partial charge in [0.25, 0.3) is 0 Å². The molecule has 0 aliphatic carbocycles. The summed E-state index contributed by atoms with van der Waals surface area (Å²) in [6.07, 6.45) is 3.11. The minimum atomic E-state index is -0.927. The number of ether oxygens (including phenoxy) is 1. The zero-order chi connectivity index (χ0) is 15.3. The molecule has 1 amide bonds. The lowest BCUT2D eigenvalue weighted by atomic mass is 10.1. The molecule has 0 fully saturated rings. The van der Waals surface area contributed by atoms with E-state index in [-0.39, 0.29) is 5.91 Å². The zero-order valence-corrected chi connectivity index (χ0v) is 12.1. The van der Waals surface area contributed by atoms with Crippen molar-refractivity contribution in [1.82, 2.24) is 14.8 Å². The van der Waals surface area contributed by atoms with Crippen molar-refractivity contribution in [1.29, 1.82) is 0 Å². The summed E-state index contributed by atoms with van der Waals surface area (Å²) >= 11 is 0. The Hall–Kier alpha value is -2.41. The Morgan fingerprint density at radius 1 is 1.48 bits per heavy atom. The van der Waals surface area contributed by atoms with Crippen LogP contribution in [0, 0.1) is 0 Å². The van der Waals surface area contributed by atoms with Gasteiger partial charge in [0.15, 0.2) is 0 Å². The molecule has 0 aliphatic heterocycles. The molecule has 0 aliphatic rings. The van der Waals surface area contributed by atoms with E-state index in [0.29, 0.717) is 24.6 Å². The zero-order valence-electron chi connectivity index (χ0n) is 12.1. The lowest BCUT2D eigenvalue weighted by Gasteiger charge is -2.18. The number of carbonyl (C=O) groups is 1. The molecule has 1 heterocycles. The molecule has 0 unspecified atom stereocenters. The number of aromatic nitrogens is 3. The second kappa shape index (κ2) is 6.36. The van der Waals surface area contributed by atoms with E-state index >= 15 is 0 Å². The molecule has 3 N–H and O–H groups in total. The molecule has 2 rings (SSSR count). The first-order chi connectivity index (χ1) is 9.95. The summed E-state index contributed by atoms with van der Waals surface area (Å²) < 4.78 is 7.30. The molecule has 1 aromatic heterocycles. The predicted molar refractivity (Wildman–Crippen MR) is 78.9 cm³/mol. The third-order valence-corrected chi connectivity index (χ3v) is 2.73. The fourth-order valence-electron chi connectivity index (χ4n) is 1.56. The van der Waals surface area contributed by atoms with Gasteiger partial charge in [-0.15, -0.1) is 0 Å². The molecule has 0 spiro atoms. The molecular formula is C14H19N5O2. The molecule has 0 radical (unpaired) electrons. The molecule has 112 valence electrons. The Bertz CT molecular complexity index is 590. The van der Waals surface area contributed by atoms with E-state index < -0.39 is 5.54 Å². The van der Waals surface area contributed by atoms with Crippen LogP contribution in [0.15, 0.2) is 36.9 Å². The maximum absolute atomic E-state index is 11.8. The highest BCUT2D eigenvalue weighted by Crippen LogP contribution is 2.18. The average Bonchev–Trinajstić information content (AvgIpc) is 2.91. The van der Waals surface area contributed by atoms with Gasteiger partial charge < -0.3 is 15.8 Å². The van der Waals surface area contributed by atoms with Crippen LogP contribution in [0.1, 0.15) is 13.8 Å². The predicted octanol–water partition coefficient (Wildman–Crippen LogP) is 1.03. The number of rotatable bonds is 6. The maximum Gasteiger partial charge on any atom is 0.243 e. The number of hydrogen-bond donors (Lipinski definition) is 2. The Labute approximate surface area is 123 Å². The van der Waals surface area contributed by atoms with Crippen LogP contribution in [0.3, 0.4) is 0 Å². The molecule has 21 heavy (non-hydrogen) atoms. The largest absolute Gasteiger partial charge is 0.492 e. The molecule has 0 saturated heterocycles. The van der Waals surface area contributed by atoms with E-state index in [1.54, 1.807) is 37.0 Å². The summed E-state index contributed by atoms with van der Waals surface area (Å²) in [5.74, 6) is 0.421. The van der Waals surface area contributed by atoms with Gasteiger partial charge in [0.05, 0.1) is 12.1 Å². The Kier molecular flexibility index (Phi) is 4.54. The van der Waals surface area contributed by atoms with Crippen LogP contribution in [0.25, 0.3) is 0 Å². The third-order valence-electron chi connectivity index (χ3n) is 2.73. The van der Waals surface area contributed by atoms with E-state index in [1.165, 1.54) is 6.33 Å². The van der Waals surface area contributed by atoms with E-state index in [0.717, 1.165) is 0 Å². The fraction of sp³-hybridized carbons (Fsp3) is 0.357. The fourth-order valence-corrected chi connectivity index (χ4v) is 1.56. The minimum absolute atomic E-state index is 0.248. The van der Waals surface area contributed by atoms with E-state index in [9.17, 15) is 4.79 Å². The average molecular weight is 289 g/mol. The van der Waals surface area contributed by atoms with Crippen LogP contribution in [-0.2, 0) is 11.3 Å². The number of amides is 1. The monoisotopic (exact) mass is 289 g/mol. The van der Waals surface area contributed by atoms with Crippen LogP contribution < -0.4 is 15.8 Å². The van der Waals surface area contributed by atoms with Crippen LogP contribution >= 0.6 is 0 Å². The summed E-state index contributed by atoms with van der Waals surface area (Å²) in [6, 6.07) is 7.17. The van der Waals surface area contributed by atoms with Crippen molar-refractivity contribution in [2.45, 2.75) is 25.9 Å². The molecule has 7 heteroatoms. The molecule has 1 aromatic carbocycles. The van der Waals surface area contributed by atoms with Crippen molar-refractivity contribution in [2.75, 3.05) is 11.9 Å². The summed E-state index contributed by atoms with van der Waals surface area (Å²) in [5.41, 5.74) is 5.46. The number of anilines is 1. The van der Waals surface area contributed by atoms with Gasteiger partial charge in [-0.2, -0.15) is 5.10 Å². The van der Waals surface area contributed by atoms with Gasteiger partial charge in [0.2, 0.25) is 5.91 Å². The Morgan fingerprint density at radius 3 is 2.95 bits per heavy atom. The van der Waals surface area contributed by atoms with Crippen molar-refractivity contribution in [2.24, 2.45) is 5.73 Å². The minimum Gasteiger partial charge on any atom is -0.492 e. The van der Waals surface area contributed by atoms with Gasteiger partial charge in [0.1, 0.15) is 25.0 Å². The highest BCUT2D eigenvalue weighted by atomic mass is 16.5. The first kappa shape index (κ1) is 15.0. The molecule has 0 atom stereocenters. The molecular weight excluding hydrogens is 270 g/mol. The van der Waals surface area contributed by atoms with Crippen molar-refractivity contribution in [3.63, 3.8) is 0 Å². The van der Waals surface area contributed by atoms with Gasteiger partial charge in [-0.3, -0.25) is 4.79 Å². The summed E-state index contributed by atoms with van der Waals surface area (Å²) in [7, 11) is 0. The van der Waals surface area contributed by atoms with Gasteiger partial charge in [-0.05, 0) is 26.0 Å². The smallest absolute Gasteiger partial charge is 0.243 e. The topological polar surface area (TPSA) is 95.1 Å². The lowest BCUT2D eigenvalue weighted by molar-refractivity contribution is -0.120. The van der Waals surface area contributed by atoms with Crippen LogP contribution in [-0.4, -0.2) is 32.8 Å². The second-order valence-electron chi connectivity index (χ2n) is 5.21. The summed E-state index contributed by atoms with van der Waals surface area (Å²) in [4.78, 5) is 15.7. The SMILES string of the molecule is CC(C)(N)C(=O)Nc1cccc(OCCn2cncn2)c1. The van der Waals surface area contributed by atoms with Crippen molar-refractivity contribution < 1.29 is 9.53 Å². The highest BCUT2D eigenvalue weighted by molar-refractivity contribution is 5.97. The summed E-state index contributed by atoms with van der Waals surface area (Å²) in [5, 5.41) is 6.74. The second-order valence-corrected chi connectivity index (χ2v) is 5.21. The summed E-state index contributed by atoms with van der Waals surface area (Å²) in [6.45, 7) is 4.37. The quantitative estimate of drug-likeness (QED) is 0.828. The lowest BCUT2D eigenvalue weighted by Crippen LogP contribution is -2.45. The first-order valence-electron chi connectivity index (χ1n) is 6.61. The molecule has 2 aromatic rings. The maximum atomic E-state index is 11.8. The Balaban J connectivity index is 1.90. The molecule has 7 nitrogen and oxygen atoms in total. The van der Waals surface area contributed by atoms with Gasteiger partial charge in [-0.25, -0.2) is 9.67 Å². The third kappa shape index (κ3) is 4.57. The number of nitrogens with one attached hydrogen (secondary N) is 1. The van der Waals surface area contributed by atoms with E-state index in [2.05, 4.69) is 15.4 Å². The van der Waals surface area contributed by atoms with Gasteiger partial charge in [-0.1, -0.05) is 6.07 Å². The number of carbonyl (C=O) groups excluding carboxylic acids is 1. The number of hydrogen-bond acceptors (Lipinski definition) is 5. The molecule has 0 bridgehead atoms. The van der Waals surface area contributed by atoms with Crippen molar-refractivity contribution in [3.8, 4) is 5.75 Å². The number of benzene rings is 1. The molecule has 0 saturated carbocycles. The van der Waals surface area contributed by atoms with Crippen LogP contribution in [0.4, 0.5) is 5.69 Å². The highest BCUT2D eigenvalue weighted by Gasteiger charge is 2.21. The number of nitrogens with two attached hydrogens (primary N) is 1. The van der Waals surface area contributed by atoms with E-state index in [1.807, 2.05) is 12.1 Å². The first-order valence-corrected chi connectivity index (χ1v) is 6.61. The van der Waals surface area contributed by atoms with Crippen LogP contribution in [0.5, 0.6) is 5.75 Å². The van der Waals surface area contributed by atoms with Gasteiger partial charge >= 0.3 is 0 Å². The normalized spacial score (nSPS) is 11.2. The van der Waals surface area contributed by atoms with Crippen LogP contribution in [0.2, 0.25) is 0 Å². The Morgan fingerprint density at radius 2 is 2.29 bits per heavy atom. The standard InChI is InChI=1S/C14H19N5O2/c1-14(2,15)13(20)18-11-4-3-5-12(8-11)21-7-6-19-10-16-9-17-19/h3-5,8-10H,6-7,15H2,1-2H3,(H,18,20). The van der Waals surface area contributed by atoms with E-state index in [4.69, 9.17) is 10.5 Å².